The summed E-state index contributed by atoms with van der Waals surface area (Å²) in [5.74, 6) is 0.783. The Hall–Kier alpha value is -2.04. The van der Waals surface area contributed by atoms with Crippen molar-refractivity contribution in [2.45, 2.75) is 10.9 Å². The van der Waals surface area contributed by atoms with Crippen molar-refractivity contribution in [1.82, 2.24) is 9.97 Å². The predicted octanol–water partition coefficient (Wildman–Crippen LogP) is 3.85. The number of thioether (sulfide) groups is 1. The van der Waals surface area contributed by atoms with E-state index < -0.39 is 0 Å². The van der Waals surface area contributed by atoms with Gasteiger partial charge in [-0.1, -0.05) is 42.5 Å². The molecule has 106 valence electrons. The molecule has 3 rings (SSSR count). The van der Waals surface area contributed by atoms with Crippen molar-refractivity contribution in [2.75, 3.05) is 6.26 Å². The number of hydrogen-bond acceptors (Lipinski definition) is 3. The van der Waals surface area contributed by atoms with E-state index in [1.54, 1.807) is 11.8 Å². The summed E-state index contributed by atoms with van der Waals surface area (Å²) in [5.41, 5.74) is 9.42. The molecule has 3 N–H and O–H groups in total. The molecule has 0 bridgehead atoms. The highest BCUT2D eigenvalue weighted by atomic mass is 32.2. The third-order valence-corrected chi connectivity index (χ3v) is 4.19. The molecule has 2 aromatic carbocycles. The van der Waals surface area contributed by atoms with E-state index in [4.69, 9.17) is 5.73 Å². The SMILES string of the molecule is CSc1ccc(-c2cnc([C@H](N)c3ccccc3)[nH]2)cc1. The topological polar surface area (TPSA) is 54.7 Å². The molecular formula is C17H17N3S. The van der Waals surface area contributed by atoms with Gasteiger partial charge < -0.3 is 10.7 Å². The fraction of sp³-hybridized carbons (Fsp3) is 0.118. The zero-order valence-electron chi connectivity index (χ0n) is 11.8. The number of hydrogen-bond donors (Lipinski definition) is 2. The highest BCUT2D eigenvalue weighted by Crippen LogP contribution is 2.24. The van der Waals surface area contributed by atoms with E-state index in [1.165, 1.54) is 4.90 Å². The quantitative estimate of drug-likeness (QED) is 0.719. The van der Waals surface area contributed by atoms with Gasteiger partial charge in [0, 0.05) is 4.90 Å². The van der Waals surface area contributed by atoms with Crippen LogP contribution in [-0.2, 0) is 0 Å². The number of nitrogens with zero attached hydrogens (tertiary/aromatic N) is 1. The summed E-state index contributed by atoms with van der Waals surface area (Å²) < 4.78 is 0. The van der Waals surface area contributed by atoms with Gasteiger partial charge in [0.05, 0.1) is 17.9 Å². The first-order valence-electron chi connectivity index (χ1n) is 6.78. The second-order valence-electron chi connectivity index (χ2n) is 4.80. The molecule has 4 heteroatoms. The van der Waals surface area contributed by atoms with Gasteiger partial charge in [-0.25, -0.2) is 4.98 Å². The Morgan fingerprint density at radius 2 is 1.76 bits per heavy atom. The zero-order valence-corrected chi connectivity index (χ0v) is 12.6. The van der Waals surface area contributed by atoms with Crippen LogP contribution in [0.4, 0.5) is 0 Å². The molecule has 0 amide bonds. The largest absolute Gasteiger partial charge is 0.340 e. The van der Waals surface area contributed by atoms with E-state index in [0.29, 0.717) is 0 Å². The average Bonchev–Trinajstić information content (AvgIpc) is 3.05. The fourth-order valence-electron chi connectivity index (χ4n) is 2.23. The lowest BCUT2D eigenvalue weighted by molar-refractivity contribution is 0.801. The molecule has 1 heterocycles. The molecule has 0 fully saturated rings. The first kappa shape index (κ1) is 13.9. The second-order valence-corrected chi connectivity index (χ2v) is 5.68. The summed E-state index contributed by atoms with van der Waals surface area (Å²) in [5, 5.41) is 0. The number of benzene rings is 2. The molecule has 0 saturated heterocycles. The van der Waals surface area contributed by atoms with Crippen LogP contribution in [-0.4, -0.2) is 16.2 Å². The van der Waals surface area contributed by atoms with Gasteiger partial charge in [-0.05, 0) is 29.5 Å². The number of H-pyrrole nitrogens is 1. The summed E-state index contributed by atoms with van der Waals surface area (Å²) in [6, 6.07) is 18.2. The van der Waals surface area contributed by atoms with Gasteiger partial charge in [-0.2, -0.15) is 0 Å². The van der Waals surface area contributed by atoms with E-state index >= 15 is 0 Å². The van der Waals surface area contributed by atoms with Crippen LogP contribution >= 0.6 is 11.8 Å². The number of nitrogens with two attached hydrogens (primary N) is 1. The number of aromatic amines is 1. The Morgan fingerprint density at radius 1 is 1.05 bits per heavy atom. The van der Waals surface area contributed by atoms with Crippen LogP contribution in [0.3, 0.4) is 0 Å². The molecule has 1 atom stereocenters. The van der Waals surface area contributed by atoms with Gasteiger partial charge >= 0.3 is 0 Å². The molecule has 3 aromatic rings. The molecule has 0 radical (unpaired) electrons. The Labute approximate surface area is 128 Å². The lowest BCUT2D eigenvalue weighted by Crippen LogP contribution is -2.13. The van der Waals surface area contributed by atoms with E-state index in [0.717, 1.165) is 22.6 Å². The average molecular weight is 295 g/mol. The minimum absolute atomic E-state index is 0.231. The molecular weight excluding hydrogens is 278 g/mol. The molecule has 0 aliphatic rings. The summed E-state index contributed by atoms with van der Waals surface area (Å²) in [7, 11) is 0. The maximum Gasteiger partial charge on any atom is 0.128 e. The van der Waals surface area contributed by atoms with Crippen molar-refractivity contribution in [3.05, 3.63) is 72.2 Å². The van der Waals surface area contributed by atoms with Crippen molar-refractivity contribution < 1.29 is 0 Å². The van der Waals surface area contributed by atoms with Crippen LogP contribution in [0.5, 0.6) is 0 Å². The van der Waals surface area contributed by atoms with Crippen LogP contribution in [0.15, 0.2) is 65.7 Å². The van der Waals surface area contributed by atoms with E-state index in [1.807, 2.05) is 36.5 Å². The van der Waals surface area contributed by atoms with Crippen molar-refractivity contribution in [3.8, 4) is 11.3 Å². The monoisotopic (exact) mass is 295 g/mol. The number of rotatable bonds is 4. The van der Waals surface area contributed by atoms with E-state index in [2.05, 4.69) is 40.5 Å². The molecule has 0 aliphatic heterocycles. The molecule has 21 heavy (non-hydrogen) atoms. The molecule has 0 unspecified atom stereocenters. The van der Waals surface area contributed by atoms with Crippen LogP contribution in [0.25, 0.3) is 11.3 Å². The molecule has 0 saturated carbocycles. The lowest BCUT2D eigenvalue weighted by atomic mass is 10.1. The summed E-state index contributed by atoms with van der Waals surface area (Å²) >= 11 is 1.73. The smallest absolute Gasteiger partial charge is 0.128 e. The highest BCUT2D eigenvalue weighted by molar-refractivity contribution is 7.98. The first-order valence-corrected chi connectivity index (χ1v) is 8.00. The zero-order chi connectivity index (χ0) is 14.7. The Balaban J connectivity index is 1.85. The standard InChI is InChI=1S/C17H17N3S/c1-21-14-9-7-12(8-10-14)15-11-19-17(20-15)16(18)13-5-3-2-4-6-13/h2-11,16H,18H2,1H3,(H,19,20)/t16-/m1/s1. The van der Waals surface area contributed by atoms with Gasteiger partial charge in [0.25, 0.3) is 0 Å². The Kier molecular flexibility index (Phi) is 4.08. The van der Waals surface area contributed by atoms with Gasteiger partial charge in [0.2, 0.25) is 0 Å². The van der Waals surface area contributed by atoms with Gasteiger partial charge in [0.15, 0.2) is 0 Å². The van der Waals surface area contributed by atoms with Gasteiger partial charge in [-0.3, -0.25) is 0 Å². The first-order chi connectivity index (χ1) is 10.3. The van der Waals surface area contributed by atoms with Crippen LogP contribution in [0, 0.1) is 0 Å². The Morgan fingerprint density at radius 3 is 2.43 bits per heavy atom. The van der Waals surface area contributed by atoms with Crippen molar-refractivity contribution >= 4 is 11.8 Å². The van der Waals surface area contributed by atoms with Gasteiger partial charge in [0.1, 0.15) is 5.82 Å². The van der Waals surface area contributed by atoms with Crippen molar-refractivity contribution in [2.24, 2.45) is 5.73 Å². The maximum atomic E-state index is 6.26. The van der Waals surface area contributed by atoms with Crippen molar-refractivity contribution in [3.63, 3.8) is 0 Å². The number of imidazole rings is 1. The molecule has 0 spiro atoms. The minimum Gasteiger partial charge on any atom is -0.340 e. The second kappa shape index (κ2) is 6.16. The minimum atomic E-state index is -0.231. The fourth-order valence-corrected chi connectivity index (χ4v) is 2.64. The van der Waals surface area contributed by atoms with Crippen LogP contribution < -0.4 is 5.73 Å². The van der Waals surface area contributed by atoms with Crippen LogP contribution in [0.2, 0.25) is 0 Å². The van der Waals surface area contributed by atoms with E-state index in [-0.39, 0.29) is 6.04 Å². The van der Waals surface area contributed by atoms with Crippen molar-refractivity contribution in [1.29, 1.82) is 0 Å². The number of nitrogens with one attached hydrogen (secondary N) is 1. The number of aromatic nitrogens is 2. The highest BCUT2D eigenvalue weighted by Gasteiger charge is 2.12. The normalized spacial score (nSPS) is 12.3. The van der Waals surface area contributed by atoms with E-state index in [9.17, 15) is 0 Å². The third-order valence-electron chi connectivity index (χ3n) is 3.45. The Bertz CT molecular complexity index is 704. The third kappa shape index (κ3) is 3.01. The maximum absolute atomic E-state index is 6.26. The van der Waals surface area contributed by atoms with Gasteiger partial charge in [-0.15, -0.1) is 11.8 Å². The summed E-state index contributed by atoms with van der Waals surface area (Å²) in [4.78, 5) is 9.00. The predicted molar refractivity (Wildman–Crippen MR) is 88.3 cm³/mol. The molecule has 3 nitrogen and oxygen atoms in total. The summed E-state index contributed by atoms with van der Waals surface area (Å²) in [6.45, 7) is 0. The molecule has 1 aromatic heterocycles. The lowest BCUT2D eigenvalue weighted by Gasteiger charge is -2.08. The molecule has 0 aliphatic carbocycles. The van der Waals surface area contributed by atoms with Crippen LogP contribution in [0.1, 0.15) is 17.4 Å². The summed E-state index contributed by atoms with van der Waals surface area (Å²) in [6.07, 6.45) is 3.91.